The third kappa shape index (κ3) is 4.18. The average molecular weight is 289 g/mol. The van der Waals surface area contributed by atoms with Gasteiger partial charge in [0.2, 0.25) is 0 Å². The van der Waals surface area contributed by atoms with E-state index in [2.05, 4.69) is 12.2 Å². The highest BCUT2D eigenvalue weighted by Gasteiger charge is 2.20. The zero-order chi connectivity index (χ0) is 14.4. The Morgan fingerprint density at radius 3 is 2.60 bits per heavy atom. The van der Waals surface area contributed by atoms with Crippen LogP contribution in [0.4, 0.5) is 0 Å². The Hall–Kier alpha value is -1.65. The van der Waals surface area contributed by atoms with Gasteiger partial charge < -0.3 is 5.11 Å². The van der Waals surface area contributed by atoms with Gasteiger partial charge in [0.05, 0.1) is 0 Å². The lowest BCUT2D eigenvalue weighted by atomic mass is 9.94. The first kappa shape index (κ1) is 14.8. The van der Waals surface area contributed by atoms with Crippen molar-refractivity contribution in [3.8, 4) is 0 Å². The summed E-state index contributed by atoms with van der Waals surface area (Å²) in [6.45, 7) is 2.67. The van der Waals surface area contributed by atoms with Gasteiger partial charge in [0.25, 0.3) is 0 Å². The van der Waals surface area contributed by atoms with E-state index in [1.54, 1.807) is 11.3 Å². The summed E-state index contributed by atoms with van der Waals surface area (Å²) in [5.41, 5.74) is 1.18. The predicted octanol–water partition coefficient (Wildman–Crippen LogP) is 3.48. The zero-order valence-electron chi connectivity index (χ0n) is 11.5. The first-order valence-corrected chi connectivity index (χ1v) is 7.58. The molecule has 0 saturated carbocycles. The van der Waals surface area contributed by atoms with Crippen LogP contribution in [0.2, 0.25) is 0 Å². The molecule has 2 unspecified atom stereocenters. The van der Waals surface area contributed by atoms with Gasteiger partial charge in [-0.05, 0) is 29.3 Å². The van der Waals surface area contributed by atoms with E-state index < -0.39 is 12.0 Å². The van der Waals surface area contributed by atoms with Crippen LogP contribution < -0.4 is 5.32 Å². The van der Waals surface area contributed by atoms with Crippen molar-refractivity contribution in [3.05, 3.63) is 58.3 Å². The lowest BCUT2D eigenvalue weighted by molar-refractivity contribution is -0.139. The maximum Gasteiger partial charge on any atom is 0.320 e. The highest BCUT2D eigenvalue weighted by atomic mass is 32.1. The monoisotopic (exact) mass is 289 g/mol. The quantitative estimate of drug-likeness (QED) is 0.820. The highest BCUT2D eigenvalue weighted by molar-refractivity contribution is 7.09. The molecule has 0 radical (unpaired) electrons. The van der Waals surface area contributed by atoms with Crippen molar-refractivity contribution in [2.75, 3.05) is 0 Å². The highest BCUT2D eigenvalue weighted by Crippen LogP contribution is 2.20. The second kappa shape index (κ2) is 7.22. The molecule has 0 aliphatic carbocycles. The smallest absolute Gasteiger partial charge is 0.320 e. The van der Waals surface area contributed by atoms with Crippen LogP contribution in [0.5, 0.6) is 0 Å². The van der Waals surface area contributed by atoms with Gasteiger partial charge in [-0.3, -0.25) is 10.1 Å². The van der Waals surface area contributed by atoms with Crippen molar-refractivity contribution in [1.29, 1.82) is 0 Å². The van der Waals surface area contributed by atoms with E-state index in [9.17, 15) is 9.90 Å². The summed E-state index contributed by atoms with van der Waals surface area (Å²) in [6.07, 6.45) is 0.588. The molecule has 2 atom stereocenters. The molecule has 0 aliphatic rings. The number of hydrogen-bond donors (Lipinski definition) is 2. The van der Waals surface area contributed by atoms with E-state index in [-0.39, 0.29) is 5.92 Å². The fourth-order valence-corrected chi connectivity index (χ4v) is 2.84. The summed E-state index contributed by atoms with van der Waals surface area (Å²) in [7, 11) is 0. The summed E-state index contributed by atoms with van der Waals surface area (Å²) < 4.78 is 0. The van der Waals surface area contributed by atoms with Gasteiger partial charge in [0.1, 0.15) is 6.04 Å². The van der Waals surface area contributed by atoms with Crippen molar-refractivity contribution >= 4 is 17.3 Å². The van der Waals surface area contributed by atoms with Gasteiger partial charge in [-0.2, -0.15) is 0 Å². The van der Waals surface area contributed by atoms with Gasteiger partial charge in [-0.25, -0.2) is 0 Å². The molecule has 1 aromatic carbocycles. The number of nitrogens with one attached hydrogen (secondary N) is 1. The van der Waals surface area contributed by atoms with Crippen LogP contribution in [0.15, 0.2) is 47.8 Å². The minimum atomic E-state index is -0.788. The molecule has 2 rings (SSSR count). The number of carboxylic acids is 1. The van der Waals surface area contributed by atoms with Crippen LogP contribution in [0.25, 0.3) is 0 Å². The third-order valence-electron chi connectivity index (χ3n) is 3.36. The van der Waals surface area contributed by atoms with E-state index >= 15 is 0 Å². The molecular formula is C16H19NO2S. The lowest BCUT2D eigenvalue weighted by Crippen LogP contribution is -2.37. The third-order valence-corrected chi connectivity index (χ3v) is 4.24. The Morgan fingerprint density at radius 1 is 1.25 bits per heavy atom. The fraction of sp³-hybridized carbons (Fsp3) is 0.312. The molecule has 0 bridgehead atoms. The summed E-state index contributed by atoms with van der Waals surface area (Å²) >= 11 is 1.64. The minimum absolute atomic E-state index is 0.216. The van der Waals surface area contributed by atoms with Crippen LogP contribution >= 0.6 is 11.3 Å². The predicted molar refractivity (Wildman–Crippen MR) is 82.1 cm³/mol. The standard InChI is InChI=1S/C16H19NO2S/c1-12(13-6-3-2-4-7-13)10-15(16(18)19)17-11-14-8-5-9-20-14/h2-9,12,15,17H,10-11H2,1H3,(H,18,19). The van der Waals surface area contributed by atoms with E-state index in [1.807, 2.05) is 47.8 Å². The molecule has 1 aromatic heterocycles. The number of benzene rings is 1. The maximum absolute atomic E-state index is 11.4. The molecule has 0 fully saturated rings. The van der Waals surface area contributed by atoms with Gasteiger partial charge >= 0.3 is 5.97 Å². The largest absolute Gasteiger partial charge is 0.480 e. The summed E-state index contributed by atoms with van der Waals surface area (Å²) in [4.78, 5) is 12.5. The van der Waals surface area contributed by atoms with Crippen molar-refractivity contribution in [3.63, 3.8) is 0 Å². The van der Waals surface area contributed by atoms with Gasteiger partial charge in [0.15, 0.2) is 0 Å². The van der Waals surface area contributed by atoms with Crippen LogP contribution in [0.1, 0.15) is 29.7 Å². The van der Waals surface area contributed by atoms with Crippen molar-refractivity contribution in [1.82, 2.24) is 5.32 Å². The molecule has 2 N–H and O–H groups in total. The molecule has 1 heterocycles. The van der Waals surface area contributed by atoms with Crippen molar-refractivity contribution in [2.45, 2.75) is 31.8 Å². The number of rotatable bonds is 7. The van der Waals surface area contributed by atoms with Crippen LogP contribution in [-0.2, 0) is 11.3 Å². The van der Waals surface area contributed by atoms with Gasteiger partial charge in [-0.1, -0.05) is 43.3 Å². The minimum Gasteiger partial charge on any atom is -0.480 e. The van der Waals surface area contributed by atoms with Crippen LogP contribution in [-0.4, -0.2) is 17.1 Å². The Kier molecular flexibility index (Phi) is 5.32. The number of hydrogen-bond acceptors (Lipinski definition) is 3. The van der Waals surface area contributed by atoms with Gasteiger partial charge in [0, 0.05) is 11.4 Å². The summed E-state index contributed by atoms with van der Waals surface area (Å²) in [5, 5.41) is 14.5. The first-order chi connectivity index (χ1) is 9.66. The molecule has 106 valence electrons. The molecule has 0 aliphatic heterocycles. The molecule has 3 nitrogen and oxygen atoms in total. The van der Waals surface area contributed by atoms with Crippen molar-refractivity contribution in [2.24, 2.45) is 0 Å². The van der Waals surface area contributed by atoms with E-state index in [0.717, 1.165) is 4.88 Å². The summed E-state index contributed by atoms with van der Waals surface area (Å²) in [5.74, 6) is -0.572. The van der Waals surface area contributed by atoms with Gasteiger partial charge in [-0.15, -0.1) is 11.3 Å². The topological polar surface area (TPSA) is 49.3 Å². The molecule has 4 heteroatoms. The van der Waals surface area contributed by atoms with Crippen LogP contribution in [0.3, 0.4) is 0 Å². The average Bonchev–Trinajstić information content (AvgIpc) is 2.97. The zero-order valence-corrected chi connectivity index (χ0v) is 12.3. The van der Waals surface area contributed by atoms with E-state index in [4.69, 9.17) is 0 Å². The summed E-state index contributed by atoms with van der Waals surface area (Å²) in [6, 6.07) is 13.5. The molecule has 0 saturated heterocycles. The molecule has 0 spiro atoms. The van der Waals surface area contributed by atoms with E-state index in [0.29, 0.717) is 13.0 Å². The van der Waals surface area contributed by atoms with Crippen molar-refractivity contribution < 1.29 is 9.90 Å². The van der Waals surface area contributed by atoms with E-state index in [1.165, 1.54) is 5.56 Å². The fourth-order valence-electron chi connectivity index (χ4n) is 2.18. The molecule has 20 heavy (non-hydrogen) atoms. The number of thiophene rings is 1. The molecular weight excluding hydrogens is 270 g/mol. The first-order valence-electron chi connectivity index (χ1n) is 6.70. The number of carbonyl (C=O) groups is 1. The second-order valence-corrected chi connectivity index (χ2v) is 5.93. The molecule has 0 amide bonds. The second-order valence-electron chi connectivity index (χ2n) is 4.90. The molecule has 2 aromatic rings. The van der Waals surface area contributed by atoms with Crippen LogP contribution in [0, 0.1) is 0 Å². The normalized spacial score (nSPS) is 13.8. The SMILES string of the molecule is CC(CC(NCc1cccs1)C(=O)O)c1ccccc1. The lowest BCUT2D eigenvalue weighted by Gasteiger charge is -2.19. The Bertz CT molecular complexity index is 525. The Balaban J connectivity index is 1.93. The number of aliphatic carboxylic acids is 1. The Morgan fingerprint density at radius 2 is 2.00 bits per heavy atom. The maximum atomic E-state index is 11.4. The Labute approximate surface area is 123 Å². The number of carboxylic acid groups (broad SMARTS) is 1.